The van der Waals surface area contributed by atoms with Crippen LogP contribution in [0.1, 0.15) is 13.3 Å². The molecule has 1 aliphatic rings. The summed E-state index contributed by atoms with van der Waals surface area (Å²) >= 11 is 1.96. The lowest BCUT2D eigenvalue weighted by Crippen LogP contribution is -2.37. The van der Waals surface area contributed by atoms with Gasteiger partial charge >= 0.3 is 0 Å². The third-order valence-electron chi connectivity index (χ3n) is 3.20. The normalized spacial score (nSPS) is 20.5. The summed E-state index contributed by atoms with van der Waals surface area (Å²) in [5.41, 5.74) is 7.04. The number of primary sulfonamides is 1. The lowest BCUT2D eigenvalue weighted by Gasteiger charge is -2.34. The van der Waals surface area contributed by atoms with Gasteiger partial charge in [0.05, 0.1) is 4.90 Å². The Morgan fingerprint density at radius 3 is 2.79 bits per heavy atom. The third kappa shape index (κ3) is 3.55. The highest BCUT2D eigenvalue weighted by molar-refractivity contribution is 8.00. The van der Waals surface area contributed by atoms with Crippen LogP contribution < -0.4 is 15.8 Å². The van der Waals surface area contributed by atoms with Gasteiger partial charge in [-0.05, 0) is 24.6 Å². The molecule has 1 aromatic rings. The van der Waals surface area contributed by atoms with Crippen LogP contribution in [0.2, 0.25) is 0 Å². The molecule has 1 saturated heterocycles. The number of nitrogen functional groups attached to an aromatic ring is 1. The summed E-state index contributed by atoms with van der Waals surface area (Å²) in [6.07, 6.45) is 1.10. The van der Waals surface area contributed by atoms with Gasteiger partial charge in [-0.15, -0.1) is 0 Å². The highest BCUT2D eigenvalue weighted by Crippen LogP contribution is 2.28. The van der Waals surface area contributed by atoms with Crippen molar-refractivity contribution in [1.82, 2.24) is 0 Å². The summed E-state index contributed by atoms with van der Waals surface area (Å²) in [5, 5.41) is 5.75. The summed E-state index contributed by atoms with van der Waals surface area (Å²) in [6, 6.07) is 4.81. The highest BCUT2D eigenvalue weighted by Gasteiger charge is 2.20. The van der Waals surface area contributed by atoms with Crippen LogP contribution in [0.3, 0.4) is 0 Å². The molecule has 7 heteroatoms. The van der Waals surface area contributed by atoms with Crippen LogP contribution in [0.25, 0.3) is 0 Å². The molecule has 5 nitrogen and oxygen atoms in total. The second-order valence-corrected chi connectivity index (χ2v) is 7.62. The quantitative estimate of drug-likeness (QED) is 0.820. The number of hydrogen-bond donors (Lipinski definition) is 2. The van der Waals surface area contributed by atoms with Gasteiger partial charge in [-0.2, -0.15) is 11.8 Å². The second kappa shape index (κ2) is 5.60. The van der Waals surface area contributed by atoms with Crippen molar-refractivity contribution in [2.45, 2.75) is 23.5 Å². The van der Waals surface area contributed by atoms with Gasteiger partial charge in [0, 0.05) is 35.5 Å². The van der Waals surface area contributed by atoms with Crippen LogP contribution in [0.5, 0.6) is 0 Å². The van der Waals surface area contributed by atoms with E-state index in [-0.39, 0.29) is 4.90 Å². The minimum Gasteiger partial charge on any atom is -0.399 e. The van der Waals surface area contributed by atoms with Gasteiger partial charge in [-0.1, -0.05) is 6.92 Å². The molecule has 0 aromatic heterocycles. The van der Waals surface area contributed by atoms with Gasteiger partial charge in [0.1, 0.15) is 0 Å². The largest absolute Gasteiger partial charge is 0.399 e. The molecule has 1 aliphatic heterocycles. The maximum Gasteiger partial charge on any atom is 0.238 e. The summed E-state index contributed by atoms with van der Waals surface area (Å²) < 4.78 is 22.9. The number of hydrogen-bond acceptors (Lipinski definition) is 5. The predicted octanol–water partition coefficient (Wildman–Crippen LogP) is 1.25. The van der Waals surface area contributed by atoms with E-state index in [1.807, 2.05) is 11.8 Å². The first-order valence-corrected chi connectivity index (χ1v) is 8.79. The lowest BCUT2D eigenvalue weighted by molar-refractivity contribution is 0.597. The molecule has 1 fully saturated rings. The fourth-order valence-electron chi connectivity index (χ4n) is 2.15. The molecule has 0 amide bonds. The number of anilines is 2. The van der Waals surface area contributed by atoms with Crippen LogP contribution in [-0.4, -0.2) is 32.5 Å². The number of benzene rings is 1. The third-order valence-corrected chi connectivity index (χ3v) is 5.47. The smallest absolute Gasteiger partial charge is 0.238 e. The van der Waals surface area contributed by atoms with Crippen molar-refractivity contribution in [1.29, 1.82) is 0 Å². The van der Waals surface area contributed by atoms with E-state index in [9.17, 15) is 8.42 Å². The van der Waals surface area contributed by atoms with Gasteiger partial charge in [0.2, 0.25) is 10.0 Å². The van der Waals surface area contributed by atoms with Crippen LogP contribution in [-0.2, 0) is 10.0 Å². The Bertz CT molecular complexity index is 560. The maximum absolute atomic E-state index is 11.4. The first-order valence-electron chi connectivity index (χ1n) is 6.20. The monoisotopic (exact) mass is 301 g/mol. The molecule has 0 bridgehead atoms. The van der Waals surface area contributed by atoms with Gasteiger partial charge in [-0.3, -0.25) is 0 Å². The fourth-order valence-corrected chi connectivity index (χ4v) is 3.92. The summed E-state index contributed by atoms with van der Waals surface area (Å²) in [4.78, 5) is 2.25. The first kappa shape index (κ1) is 14.5. The zero-order chi connectivity index (χ0) is 14.0. The van der Waals surface area contributed by atoms with Crippen molar-refractivity contribution in [2.24, 2.45) is 5.14 Å². The van der Waals surface area contributed by atoms with E-state index < -0.39 is 10.0 Å². The minimum absolute atomic E-state index is 0.0776. The molecule has 19 heavy (non-hydrogen) atoms. The Balaban J connectivity index is 2.32. The standard InChI is InChI=1S/C12H19N3O2S2/c1-2-11-8-15(3-4-18-11)10-5-9(13)6-12(7-10)19(14,16)17/h5-7,11H,2-4,8,13H2,1H3,(H2,14,16,17). The SMILES string of the molecule is CCC1CN(c2cc(N)cc(S(N)(=O)=O)c2)CCS1. The zero-order valence-electron chi connectivity index (χ0n) is 10.9. The van der Waals surface area contributed by atoms with E-state index in [2.05, 4.69) is 11.8 Å². The Kier molecular flexibility index (Phi) is 4.27. The summed E-state index contributed by atoms with van der Waals surface area (Å²) in [6.45, 7) is 3.97. The predicted molar refractivity (Wildman–Crippen MR) is 81.0 cm³/mol. The van der Waals surface area contributed by atoms with E-state index in [1.165, 1.54) is 6.07 Å². The molecule has 1 unspecified atom stereocenters. The van der Waals surface area contributed by atoms with Crippen molar-refractivity contribution in [3.8, 4) is 0 Å². The highest BCUT2D eigenvalue weighted by atomic mass is 32.2. The van der Waals surface area contributed by atoms with Gasteiger partial charge < -0.3 is 10.6 Å². The number of nitrogens with two attached hydrogens (primary N) is 2. The van der Waals surface area contributed by atoms with Crippen molar-refractivity contribution in [2.75, 3.05) is 29.5 Å². The van der Waals surface area contributed by atoms with E-state index >= 15 is 0 Å². The van der Waals surface area contributed by atoms with E-state index in [1.54, 1.807) is 12.1 Å². The zero-order valence-corrected chi connectivity index (χ0v) is 12.5. The van der Waals surface area contributed by atoms with Crippen LogP contribution in [0, 0.1) is 0 Å². The van der Waals surface area contributed by atoms with E-state index in [4.69, 9.17) is 10.9 Å². The molecule has 1 heterocycles. The number of nitrogens with zero attached hydrogens (tertiary/aromatic N) is 1. The molecular weight excluding hydrogens is 282 g/mol. The molecular formula is C12H19N3O2S2. The number of rotatable bonds is 3. The maximum atomic E-state index is 11.4. The Morgan fingerprint density at radius 1 is 1.42 bits per heavy atom. The Hall–Kier alpha value is -0.920. The summed E-state index contributed by atoms with van der Waals surface area (Å²) in [5.74, 6) is 1.04. The van der Waals surface area contributed by atoms with E-state index in [0.29, 0.717) is 10.9 Å². The molecule has 1 aromatic carbocycles. The van der Waals surface area contributed by atoms with Crippen molar-refractivity contribution in [3.05, 3.63) is 18.2 Å². The van der Waals surface area contributed by atoms with Gasteiger partial charge in [0.15, 0.2) is 0 Å². The van der Waals surface area contributed by atoms with E-state index in [0.717, 1.165) is 31.0 Å². The summed E-state index contributed by atoms with van der Waals surface area (Å²) in [7, 11) is -3.72. The second-order valence-electron chi connectivity index (χ2n) is 4.65. The molecule has 0 spiro atoms. The molecule has 0 aliphatic carbocycles. The Labute approximate surface area is 118 Å². The number of sulfonamides is 1. The fraction of sp³-hybridized carbons (Fsp3) is 0.500. The molecule has 0 saturated carbocycles. The molecule has 2 rings (SSSR count). The topological polar surface area (TPSA) is 89.4 Å². The Morgan fingerprint density at radius 2 is 2.16 bits per heavy atom. The van der Waals surface area contributed by atoms with Gasteiger partial charge in [-0.25, -0.2) is 13.6 Å². The molecule has 4 N–H and O–H groups in total. The molecule has 106 valence electrons. The first-order chi connectivity index (χ1) is 8.90. The van der Waals surface area contributed by atoms with Crippen LogP contribution in [0.15, 0.2) is 23.1 Å². The number of thioether (sulfide) groups is 1. The average Bonchev–Trinajstić information content (AvgIpc) is 2.37. The van der Waals surface area contributed by atoms with Crippen LogP contribution >= 0.6 is 11.8 Å². The lowest BCUT2D eigenvalue weighted by atomic mass is 10.2. The van der Waals surface area contributed by atoms with Crippen LogP contribution in [0.4, 0.5) is 11.4 Å². The van der Waals surface area contributed by atoms with Crippen molar-refractivity contribution >= 4 is 33.2 Å². The minimum atomic E-state index is -3.72. The molecule has 1 atom stereocenters. The van der Waals surface area contributed by atoms with Gasteiger partial charge in [0.25, 0.3) is 0 Å². The average molecular weight is 301 g/mol. The van der Waals surface area contributed by atoms with Crippen molar-refractivity contribution in [3.63, 3.8) is 0 Å². The molecule has 0 radical (unpaired) electrons. The van der Waals surface area contributed by atoms with Crippen molar-refractivity contribution < 1.29 is 8.42 Å².